The molecule has 0 bridgehead atoms. The van der Waals surface area contributed by atoms with Crippen molar-refractivity contribution in [1.82, 2.24) is 10.3 Å². The molecule has 1 aliphatic carbocycles. The van der Waals surface area contributed by atoms with E-state index in [1.807, 2.05) is 11.3 Å². The highest BCUT2D eigenvalue weighted by Gasteiger charge is 2.30. The van der Waals surface area contributed by atoms with Gasteiger partial charge < -0.3 is 5.32 Å². The standard InChI is InChI=1S/C16H20N2S/c1-4-17-10(2)15-11(3)18-16(19-15)14-9-12-7-5-6-8-13(12)14/h5-8,10,14,17H,4,9H2,1-3H3. The molecule has 0 aliphatic heterocycles. The highest BCUT2D eigenvalue weighted by Crippen LogP contribution is 2.42. The molecule has 2 aromatic rings. The van der Waals surface area contributed by atoms with Crippen molar-refractivity contribution in [3.63, 3.8) is 0 Å². The van der Waals surface area contributed by atoms with Gasteiger partial charge in [0, 0.05) is 16.8 Å². The molecule has 1 heterocycles. The van der Waals surface area contributed by atoms with Gasteiger partial charge in [-0.1, -0.05) is 31.2 Å². The maximum absolute atomic E-state index is 4.81. The molecule has 1 aromatic carbocycles. The molecule has 19 heavy (non-hydrogen) atoms. The van der Waals surface area contributed by atoms with E-state index in [9.17, 15) is 0 Å². The summed E-state index contributed by atoms with van der Waals surface area (Å²) in [6.07, 6.45) is 1.15. The number of hydrogen-bond acceptors (Lipinski definition) is 3. The van der Waals surface area contributed by atoms with Crippen LogP contribution in [0, 0.1) is 6.92 Å². The minimum absolute atomic E-state index is 0.409. The van der Waals surface area contributed by atoms with Crippen LogP contribution in [-0.4, -0.2) is 11.5 Å². The second kappa shape index (κ2) is 5.06. The van der Waals surface area contributed by atoms with Gasteiger partial charge in [-0.25, -0.2) is 4.98 Å². The number of thiazole rings is 1. The lowest BCUT2D eigenvalue weighted by atomic mass is 9.78. The van der Waals surface area contributed by atoms with Gasteiger partial charge in [0.15, 0.2) is 0 Å². The Morgan fingerprint density at radius 3 is 2.95 bits per heavy atom. The first-order valence-corrected chi connectivity index (χ1v) is 7.80. The summed E-state index contributed by atoms with van der Waals surface area (Å²) in [6.45, 7) is 7.51. The predicted molar refractivity (Wildman–Crippen MR) is 80.9 cm³/mol. The quantitative estimate of drug-likeness (QED) is 0.915. The van der Waals surface area contributed by atoms with Gasteiger partial charge in [0.2, 0.25) is 0 Å². The Bertz CT molecular complexity index is 588. The Balaban J connectivity index is 1.87. The van der Waals surface area contributed by atoms with Crippen LogP contribution >= 0.6 is 11.3 Å². The third-order valence-electron chi connectivity index (χ3n) is 3.91. The van der Waals surface area contributed by atoms with Crippen LogP contribution in [0.3, 0.4) is 0 Å². The molecule has 2 nitrogen and oxygen atoms in total. The molecule has 1 N–H and O–H groups in total. The maximum Gasteiger partial charge on any atom is 0.101 e. The Morgan fingerprint density at radius 1 is 1.42 bits per heavy atom. The number of rotatable bonds is 4. The zero-order valence-corrected chi connectivity index (χ0v) is 12.6. The fourth-order valence-corrected chi connectivity index (χ4v) is 4.07. The van der Waals surface area contributed by atoms with Gasteiger partial charge in [0.25, 0.3) is 0 Å². The summed E-state index contributed by atoms with van der Waals surface area (Å²) < 4.78 is 0. The van der Waals surface area contributed by atoms with Crippen LogP contribution in [0.15, 0.2) is 24.3 Å². The van der Waals surface area contributed by atoms with E-state index in [1.54, 1.807) is 0 Å². The van der Waals surface area contributed by atoms with Gasteiger partial charge in [-0.15, -0.1) is 11.3 Å². The highest BCUT2D eigenvalue weighted by atomic mass is 32.1. The van der Waals surface area contributed by atoms with Crippen LogP contribution in [0.2, 0.25) is 0 Å². The van der Waals surface area contributed by atoms with Gasteiger partial charge in [-0.2, -0.15) is 0 Å². The zero-order valence-electron chi connectivity index (χ0n) is 11.7. The molecule has 1 aliphatic rings. The molecule has 100 valence electrons. The Morgan fingerprint density at radius 2 is 2.21 bits per heavy atom. The van der Waals surface area contributed by atoms with E-state index in [1.165, 1.54) is 26.7 Å². The largest absolute Gasteiger partial charge is 0.310 e. The average Bonchev–Trinajstić information content (AvgIpc) is 2.73. The lowest BCUT2D eigenvalue weighted by molar-refractivity contribution is 0.603. The van der Waals surface area contributed by atoms with Crippen LogP contribution in [0.1, 0.15) is 52.5 Å². The third-order valence-corrected chi connectivity index (χ3v) is 5.36. The molecule has 0 amide bonds. The molecule has 3 rings (SSSR count). The fraction of sp³-hybridized carbons (Fsp3) is 0.438. The van der Waals surface area contributed by atoms with Gasteiger partial charge in [-0.3, -0.25) is 0 Å². The molecule has 0 saturated heterocycles. The summed E-state index contributed by atoms with van der Waals surface area (Å²) in [5.41, 5.74) is 4.15. The second-order valence-electron chi connectivity index (χ2n) is 5.24. The summed E-state index contributed by atoms with van der Waals surface area (Å²) in [5.74, 6) is 0.530. The normalized spacial score (nSPS) is 18.8. The predicted octanol–water partition coefficient (Wildman–Crippen LogP) is 3.81. The van der Waals surface area contributed by atoms with E-state index >= 15 is 0 Å². The van der Waals surface area contributed by atoms with Crippen molar-refractivity contribution in [2.75, 3.05) is 6.54 Å². The first-order chi connectivity index (χ1) is 9.20. The molecular formula is C16H20N2S. The Labute approximate surface area is 118 Å². The van der Waals surface area contributed by atoms with E-state index in [0.29, 0.717) is 12.0 Å². The first kappa shape index (κ1) is 12.8. The number of aromatic nitrogens is 1. The summed E-state index contributed by atoms with van der Waals surface area (Å²) >= 11 is 1.88. The van der Waals surface area contributed by atoms with Crippen molar-refractivity contribution in [3.8, 4) is 0 Å². The molecular weight excluding hydrogens is 252 g/mol. The lowest BCUT2D eigenvalue weighted by Gasteiger charge is -2.28. The zero-order chi connectivity index (χ0) is 13.4. The molecule has 0 radical (unpaired) electrons. The summed E-state index contributed by atoms with van der Waals surface area (Å²) in [7, 11) is 0. The van der Waals surface area contributed by atoms with E-state index in [0.717, 1.165) is 13.0 Å². The lowest BCUT2D eigenvalue weighted by Crippen LogP contribution is -2.17. The summed E-state index contributed by atoms with van der Waals surface area (Å²) in [6, 6.07) is 9.14. The van der Waals surface area contributed by atoms with Crippen molar-refractivity contribution in [2.45, 2.75) is 39.2 Å². The van der Waals surface area contributed by atoms with Crippen LogP contribution in [0.4, 0.5) is 0 Å². The van der Waals surface area contributed by atoms with Gasteiger partial charge >= 0.3 is 0 Å². The van der Waals surface area contributed by atoms with Gasteiger partial charge in [0.05, 0.1) is 5.69 Å². The highest BCUT2D eigenvalue weighted by molar-refractivity contribution is 7.12. The molecule has 0 saturated carbocycles. The number of nitrogens with zero attached hydrogens (tertiary/aromatic N) is 1. The van der Waals surface area contributed by atoms with Crippen molar-refractivity contribution in [3.05, 3.63) is 51.0 Å². The van der Waals surface area contributed by atoms with E-state index < -0.39 is 0 Å². The molecule has 0 fully saturated rings. The summed E-state index contributed by atoms with van der Waals surface area (Å²) in [4.78, 5) is 6.20. The molecule has 3 heteroatoms. The van der Waals surface area contributed by atoms with E-state index in [4.69, 9.17) is 4.98 Å². The van der Waals surface area contributed by atoms with Gasteiger partial charge in [0.1, 0.15) is 5.01 Å². The number of fused-ring (bicyclic) bond motifs is 1. The number of nitrogens with one attached hydrogen (secondary N) is 1. The number of hydrogen-bond donors (Lipinski definition) is 1. The van der Waals surface area contributed by atoms with Crippen LogP contribution in [0.25, 0.3) is 0 Å². The van der Waals surface area contributed by atoms with Crippen molar-refractivity contribution in [2.24, 2.45) is 0 Å². The summed E-state index contributed by atoms with van der Waals surface area (Å²) in [5, 5.41) is 4.77. The number of benzene rings is 1. The molecule has 2 atom stereocenters. The third kappa shape index (κ3) is 2.21. The fourth-order valence-electron chi connectivity index (χ4n) is 2.86. The smallest absolute Gasteiger partial charge is 0.101 e. The monoisotopic (exact) mass is 272 g/mol. The maximum atomic E-state index is 4.81. The number of aryl methyl sites for hydroxylation is 1. The molecule has 2 unspecified atom stereocenters. The SMILES string of the molecule is CCNC(C)c1sc(C2Cc3ccccc32)nc1C. The molecule has 0 spiro atoms. The van der Waals surface area contributed by atoms with E-state index in [-0.39, 0.29) is 0 Å². The Kier molecular flexibility index (Phi) is 3.42. The van der Waals surface area contributed by atoms with Gasteiger partial charge in [-0.05, 0) is 37.9 Å². The van der Waals surface area contributed by atoms with Crippen LogP contribution in [-0.2, 0) is 6.42 Å². The van der Waals surface area contributed by atoms with Crippen LogP contribution < -0.4 is 5.32 Å². The Hall–Kier alpha value is -1.19. The molecule has 1 aromatic heterocycles. The van der Waals surface area contributed by atoms with Crippen molar-refractivity contribution >= 4 is 11.3 Å². The second-order valence-corrected chi connectivity index (χ2v) is 6.30. The van der Waals surface area contributed by atoms with Crippen LogP contribution in [0.5, 0.6) is 0 Å². The van der Waals surface area contributed by atoms with Crippen molar-refractivity contribution < 1.29 is 0 Å². The minimum atomic E-state index is 0.409. The van der Waals surface area contributed by atoms with Crippen molar-refractivity contribution in [1.29, 1.82) is 0 Å². The van der Waals surface area contributed by atoms with E-state index in [2.05, 4.69) is 50.4 Å². The minimum Gasteiger partial charge on any atom is -0.310 e. The average molecular weight is 272 g/mol. The topological polar surface area (TPSA) is 24.9 Å². The first-order valence-electron chi connectivity index (χ1n) is 6.99.